The fourth-order valence-electron chi connectivity index (χ4n) is 1.57. The number of hydrogen-bond donors (Lipinski definition) is 0. The summed E-state index contributed by atoms with van der Waals surface area (Å²) in [6.07, 6.45) is 2.20. The number of aromatic nitrogens is 3. The number of benzene rings is 1. The van der Waals surface area contributed by atoms with Gasteiger partial charge in [0.2, 0.25) is 0 Å². The topological polar surface area (TPSA) is 74.1 Å². The Morgan fingerprint density at radius 1 is 1.44 bits per heavy atom. The molecule has 2 rings (SSSR count). The molecule has 0 aliphatic carbocycles. The first-order chi connectivity index (χ1) is 8.65. The number of rotatable bonds is 3. The summed E-state index contributed by atoms with van der Waals surface area (Å²) in [5.74, 6) is -0.590. The first kappa shape index (κ1) is 12.0. The van der Waals surface area contributed by atoms with Gasteiger partial charge in [-0.1, -0.05) is 0 Å². The van der Waals surface area contributed by atoms with Crippen molar-refractivity contribution in [2.24, 2.45) is 0 Å². The summed E-state index contributed by atoms with van der Waals surface area (Å²) in [4.78, 5) is 25.7. The minimum absolute atomic E-state index is 0.00337. The Morgan fingerprint density at radius 2 is 2.22 bits per heavy atom. The van der Waals surface area contributed by atoms with Crippen molar-refractivity contribution in [3.8, 4) is 5.69 Å². The molecule has 92 valence electrons. The molecule has 0 radical (unpaired) electrons. The molecule has 0 unspecified atom stereocenters. The van der Waals surface area contributed by atoms with Gasteiger partial charge in [-0.3, -0.25) is 4.79 Å². The third-order valence-corrected chi connectivity index (χ3v) is 2.46. The Hall–Kier alpha value is -2.50. The van der Waals surface area contributed by atoms with Gasteiger partial charge < -0.3 is 4.74 Å². The monoisotopic (exact) mass is 245 g/mol. The van der Waals surface area contributed by atoms with Gasteiger partial charge in [0, 0.05) is 5.56 Å². The van der Waals surface area contributed by atoms with Crippen molar-refractivity contribution in [1.82, 2.24) is 14.8 Å². The molecular weight excluding hydrogens is 234 g/mol. The average Bonchev–Trinajstić information content (AvgIpc) is 2.87. The van der Waals surface area contributed by atoms with E-state index in [1.165, 1.54) is 18.1 Å². The number of aryl methyl sites for hydroxylation is 1. The molecule has 0 amide bonds. The second kappa shape index (κ2) is 4.79. The van der Waals surface area contributed by atoms with E-state index in [1.54, 1.807) is 18.2 Å². The lowest BCUT2D eigenvalue weighted by Gasteiger charge is -2.05. The molecule has 0 aliphatic heterocycles. The molecule has 0 saturated heterocycles. The highest BCUT2D eigenvalue weighted by Gasteiger charge is 2.12. The highest BCUT2D eigenvalue weighted by atomic mass is 16.5. The Bertz CT molecular complexity index is 604. The van der Waals surface area contributed by atoms with E-state index in [4.69, 9.17) is 0 Å². The summed E-state index contributed by atoms with van der Waals surface area (Å²) in [5, 5.41) is 4.01. The fourth-order valence-corrected chi connectivity index (χ4v) is 1.57. The molecule has 0 aliphatic rings. The van der Waals surface area contributed by atoms with Gasteiger partial charge in [0.15, 0.2) is 0 Å². The first-order valence-corrected chi connectivity index (χ1v) is 5.22. The summed E-state index contributed by atoms with van der Waals surface area (Å²) >= 11 is 0. The van der Waals surface area contributed by atoms with Crippen LogP contribution in [0.3, 0.4) is 0 Å². The van der Waals surface area contributed by atoms with Gasteiger partial charge in [0.1, 0.15) is 12.6 Å². The minimum Gasteiger partial charge on any atom is -0.463 e. The second-order valence-electron chi connectivity index (χ2n) is 3.67. The summed E-state index contributed by atoms with van der Waals surface area (Å²) in [6.45, 7) is 1.85. The van der Waals surface area contributed by atoms with Gasteiger partial charge in [0.25, 0.3) is 5.82 Å². The van der Waals surface area contributed by atoms with Gasteiger partial charge in [-0.25, -0.2) is 14.5 Å². The van der Waals surface area contributed by atoms with Crippen LogP contribution < -0.4 is 0 Å². The Labute approximate surface area is 103 Å². The predicted molar refractivity (Wildman–Crippen MR) is 62.8 cm³/mol. The van der Waals surface area contributed by atoms with E-state index in [0.717, 1.165) is 17.5 Å². The second-order valence-corrected chi connectivity index (χ2v) is 3.67. The lowest BCUT2D eigenvalue weighted by molar-refractivity contribution is 0.0587. The van der Waals surface area contributed by atoms with E-state index in [-0.39, 0.29) is 5.82 Å². The molecule has 6 nitrogen and oxygen atoms in total. The molecule has 0 saturated carbocycles. The molecule has 0 fully saturated rings. The summed E-state index contributed by atoms with van der Waals surface area (Å²) in [6, 6.07) is 5.16. The summed E-state index contributed by atoms with van der Waals surface area (Å²) in [7, 11) is 1.27. The van der Waals surface area contributed by atoms with Crippen molar-refractivity contribution in [3.63, 3.8) is 0 Å². The van der Waals surface area contributed by atoms with Crippen LogP contribution in [-0.4, -0.2) is 34.1 Å². The molecule has 0 bridgehead atoms. The minimum atomic E-state index is -0.587. The van der Waals surface area contributed by atoms with Gasteiger partial charge in [0.05, 0.1) is 12.8 Å². The number of hydrogen-bond acceptors (Lipinski definition) is 5. The molecule has 1 aromatic heterocycles. The van der Waals surface area contributed by atoms with Crippen LogP contribution in [0.4, 0.5) is 0 Å². The van der Waals surface area contributed by atoms with Crippen LogP contribution in [0, 0.1) is 6.92 Å². The molecule has 1 heterocycles. The molecule has 0 atom stereocenters. The normalized spacial score (nSPS) is 10.1. The van der Waals surface area contributed by atoms with Crippen molar-refractivity contribution in [1.29, 1.82) is 0 Å². The lowest BCUT2D eigenvalue weighted by atomic mass is 10.1. The van der Waals surface area contributed by atoms with Gasteiger partial charge >= 0.3 is 5.97 Å². The van der Waals surface area contributed by atoms with Crippen LogP contribution in [0.25, 0.3) is 5.69 Å². The highest BCUT2D eigenvalue weighted by Crippen LogP contribution is 2.14. The maximum absolute atomic E-state index is 11.2. The smallest absolute Gasteiger partial charge is 0.377 e. The number of carbonyl (C=O) groups is 2. The van der Waals surface area contributed by atoms with E-state index >= 15 is 0 Å². The van der Waals surface area contributed by atoms with Crippen molar-refractivity contribution < 1.29 is 14.3 Å². The van der Waals surface area contributed by atoms with E-state index in [0.29, 0.717) is 5.56 Å². The summed E-state index contributed by atoms with van der Waals surface area (Å²) < 4.78 is 6.00. The van der Waals surface area contributed by atoms with Crippen molar-refractivity contribution in [2.45, 2.75) is 6.92 Å². The molecular formula is C12H11N3O3. The molecule has 6 heteroatoms. The Morgan fingerprint density at radius 3 is 2.83 bits per heavy atom. The van der Waals surface area contributed by atoms with E-state index < -0.39 is 5.97 Å². The predicted octanol–water partition coefficient (Wildman–Crippen LogP) is 1.17. The van der Waals surface area contributed by atoms with Crippen molar-refractivity contribution >= 4 is 12.3 Å². The third kappa shape index (κ3) is 2.13. The highest BCUT2D eigenvalue weighted by molar-refractivity contribution is 5.84. The van der Waals surface area contributed by atoms with Crippen LogP contribution in [0.1, 0.15) is 26.5 Å². The fraction of sp³-hybridized carbons (Fsp3) is 0.167. The van der Waals surface area contributed by atoms with Crippen LogP contribution in [0.2, 0.25) is 0 Å². The number of methoxy groups -OCH3 is 1. The SMILES string of the molecule is COC(=O)c1ncn(-c2ccc(C=O)cc2C)n1. The van der Waals surface area contributed by atoms with E-state index in [9.17, 15) is 9.59 Å². The van der Waals surface area contributed by atoms with Crippen molar-refractivity contribution in [2.75, 3.05) is 7.11 Å². The van der Waals surface area contributed by atoms with Crippen LogP contribution >= 0.6 is 0 Å². The summed E-state index contributed by atoms with van der Waals surface area (Å²) in [5.41, 5.74) is 2.20. The zero-order valence-corrected chi connectivity index (χ0v) is 9.95. The molecule has 18 heavy (non-hydrogen) atoms. The first-order valence-electron chi connectivity index (χ1n) is 5.22. The number of ether oxygens (including phenoxy) is 1. The lowest BCUT2D eigenvalue weighted by Crippen LogP contribution is -2.05. The maximum atomic E-state index is 11.2. The van der Waals surface area contributed by atoms with Crippen molar-refractivity contribution in [3.05, 3.63) is 41.5 Å². The van der Waals surface area contributed by atoms with Crippen LogP contribution in [0.5, 0.6) is 0 Å². The molecule has 1 aromatic carbocycles. The quantitative estimate of drug-likeness (QED) is 0.599. The zero-order valence-electron chi connectivity index (χ0n) is 9.95. The number of esters is 1. The van der Waals surface area contributed by atoms with Crippen LogP contribution in [-0.2, 0) is 4.74 Å². The molecule has 2 aromatic rings. The Balaban J connectivity index is 2.40. The number of carbonyl (C=O) groups excluding carboxylic acids is 2. The average molecular weight is 245 g/mol. The van der Waals surface area contributed by atoms with Gasteiger partial charge in [-0.05, 0) is 30.7 Å². The molecule has 0 spiro atoms. The van der Waals surface area contributed by atoms with E-state index in [1.807, 2.05) is 6.92 Å². The van der Waals surface area contributed by atoms with Gasteiger partial charge in [-0.15, -0.1) is 5.10 Å². The standard InChI is InChI=1S/C12H11N3O3/c1-8-5-9(6-16)3-4-10(8)15-7-13-11(14-15)12(17)18-2/h3-7H,1-2H3. The number of aldehydes is 1. The van der Waals surface area contributed by atoms with E-state index in [2.05, 4.69) is 14.8 Å². The number of nitrogens with zero attached hydrogens (tertiary/aromatic N) is 3. The zero-order chi connectivity index (χ0) is 13.1. The van der Waals surface area contributed by atoms with Crippen LogP contribution in [0.15, 0.2) is 24.5 Å². The van der Waals surface area contributed by atoms with Gasteiger partial charge in [-0.2, -0.15) is 0 Å². The maximum Gasteiger partial charge on any atom is 0.377 e. The largest absolute Gasteiger partial charge is 0.463 e. The third-order valence-electron chi connectivity index (χ3n) is 2.46. The Kier molecular flexibility index (Phi) is 3.18. The molecule has 0 N–H and O–H groups in total.